The first-order valence-corrected chi connectivity index (χ1v) is 6.81. The topological polar surface area (TPSA) is 46.2 Å². The second kappa shape index (κ2) is 3.96. The highest BCUT2D eigenvalue weighted by Gasteiger charge is 2.42. The van der Waals surface area contributed by atoms with Gasteiger partial charge in [-0.2, -0.15) is 0 Å². The van der Waals surface area contributed by atoms with Crippen LogP contribution in [0.1, 0.15) is 32.6 Å². The lowest BCUT2D eigenvalue weighted by atomic mass is 10.1. The first kappa shape index (κ1) is 11.0. The highest BCUT2D eigenvalue weighted by atomic mass is 32.2. The van der Waals surface area contributed by atoms with E-state index in [0.29, 0.717) is 6.54 Å². The van der Waals surface area contributed by atoms with Crippen LogP contribution in [0.25, 0.3) is 0 Å². The number of rotatable bonds is 4. The Hall–Kier alpha value is -0.0900. The van der Waals surface area contributed by atoms with Gasteiger partial charge in [0.15, 0.2) is 9.84 Å². The number of sulfone groups is 1. The lowest BCUT2D eigenvalue weighted by Crippen LogP contribution is -2.44. The van der Waals surface area contributed by atoms with Crippen LogP contribution in [0.4, 0.5) is 0 Å². The van der Waals surface area contributed by atoms with Crippen molar-refractivity contribution in [1.29, 1.82) is 0 Å². The van der Waals surface area contributed by atoms with Crippen LogP contribution < -0.4 is 5.32 Å². The fourth-order valence-electron chi connectivity index (χ4n) is 2.05. The summed E-state index contributed by atoms with van der Waals surface area (Å²) in [5.41, 5.74) is 0. The first-order chi connectivity index (χ1) is 6.02. The number of nitrogens with one attached hydrogen (secondary N) is 1. The van der Waals surface area contributed by atoms with Gasteiger partial charge in [-0.05, 0) is 19.4 Å². The van der Waals surface area contributed by atoms with E-state index in [1.54, 1.807) is 0 Å². The lowest BCUT2D eigenvalue weighted by molar-refractivity contribution is 0.487. The molecule has 13 heavy (non-hydrogen) atoms. The molecule has 4 heteroatoms. The Balaban J connectivity index is 2.76. The van der Waals surface area contributed by atoms with E-state index in [4.69, 9.17) is 0 Å². The SMILES string of the molecule is CCNCC1(S(C)(=O)=O)CCCC1. The Bertz CT molecular complexity index is 253. The van der Waals surface area contributed by atoms with Gasteiger partial charge < -0.3 is 5.32 Å². The summed E-state index contributed by atoms with van der Waals surface area (Å²) in [6.07, 6.45) is 5.14. The minimum Gasteiger partial charge on any atom is -0.315 e. The average Bonchev–Trinajstić information content (AvgIpc) is 2.48. The summed E-state index contributed by atoms with van der Waals surface area (Å²) < 4.78 is 22.8. The van der Waals surface area contributed by atoms with Crippen LogP contribution in [-0.4, -0.2) is 32.5 Å². The maximum Gasteiger partial charge on any atom is 0.154 e. The average molecular weight is 205 g/mol. The van der Waals surface area contributed by atoms with E-state index in [1.807, 2.05) is 6.92 Å². The van der Waals surface area contributed by atoms with Gasteiger partial charge in [-0.15, -0.1) is 0 Å². The third kappa shape index (κ3) is 2.23. The van der Waals surface area contributed by atoms with Gasteiger partial charge in [-0.3, -0.25) is 0 Å². The van der Waals surface area contributed by atoms with E-state index in [2.05, 4.69) is 5.32 Å². The fourth-order valence-corrected chi connectivity index (χ4v) is 3.45. The standard InChI is InChI=1S/C9H19NO2S/c1-3-10-8-9(13(2,11)12)6-4-5-7-9/h10H,3-8H2,1-2H3. The van der Waals surface area contributed by atoms with Gasteiger partial charge in [0.25, 0.3) is 0 Å². The maximum atomic E-state index is 11.6. The lowest BCUT2D eigenvalue weighted by Gasteiger charge is -2.26. The molecule has 1 rings (SSSR count). The van der Waals surface area contributed by atoms with Crippen LogP contribution in [0, 0.1) is 0 Å². The van der Waals surface area contributed by atoms with E-state index in [1.165, 1.54) is 6.26 Å². The fraction of sp³-hybridized carbons (Fsp3) is 1.00. The van der Waals surface area contributed by atoms with Gasteiger partial charge in [-0.1, -0.05) is 19.8 Å². The molecule has 0 aromatic heterocycles. The Morgan fingerprint density at radius 3 is 2.23 bits per heavy atom. The Kier molecular flexibility index (Phi) is 3.35. The van der Waals surface area contributed by atoms with Crippen LogP contribution in [-0.2, 0) is 9.84 Å². The van der Waals surface area contributed by atoms with Crippen LogP contribution in [0.2, 0.25) is 0 Å². The van der Waals surface area contributed by atoms with Crippen LogP contribution in [0.3, 0.4) is 0 Å². The van der Waals surface area contributed by atoms with Gasteiger partial charge in [0.1, 0.15) is 0 Å². The summed E-state index contributed by atoms with van der Waals surface area (Å²) in [6.45, 7) is 3.48. The molecule has 0 bridgehead atoms. The summed E-state index contributed by atoms with van der Waals surface area (Å²) in [6, 6.07) is 0. The van der Waals surface area contributed by atoms with Gasteiger partial charge in [0, 0.05) is 12.8 Å². The quantitative estimate of drug-likeness (QED) is 0.743. The molecule has 0 aromatic carbocycles. The molecule has 0 unspecified atom stereocenters. The zero-order chi connectivity index (χ0) is 9.95. The highest BCUT2D eigenvalue weighted by molar-refractivity contribution is 7.92. The second-order valence-electron chi connectivity index (χ2n) is 3.94. The molecule has 0 atom stereocenters. The van der Waals surface area contributed by atoms with Crippen molar-refractivity contribution >= 4 is 9.84 Å². The monoisotopic (exact) mass is 205 g/mol. The third-order valence-corrected chi connectivity index (χ3v) is 5.12. The molecule has 0 heterocycles. The number of hydrogen-bond acceptors (Lipinski definition) is 3. The molecule has 1 N–H and O–H groups in total. The van der Waals surface area contributed by atoms with Gasteiger partial charge >= 0.3 is 0 Å². The molecule has 0 saturated heterocycles. The normalized spacial score (nSPS) is 22.0. The molecule has 3 nitrogen and oxygen atoms in total. The summed E-state index contributed by atoms with van der Waals surface area (Å²) in [7, 11) is -2.90. The van der Waals surface area contributed by atoms with Crippen molar-refractivity contribution in [3.05, 3.63) is 0 Å². The molecule has 1 aliphatic rings. The van der Waals surface area contributed by atoms with Crippen molar-refractivity contribution in [2.45, 2.75) is 37.4 Å². The summed E-state index contributed by atoms with van der Waals surface area (Å²) in [5, 5.41) is 3.16. The second-order valence-corrected chi connectivity index (χ2v) is 6.35. The zero-order valence-electron chi connectivity index (χ0n) is 8.47. The van der Waals surface area contributed by atoms with Crippen molar-refractivity contribution in [2.24, 2.45) is 0 Å². The highest BCUT2D eigenvalue weighted by Crippen LogP contribution is 2.35. The molecular weight excluding hydrogens is 186 g/mol. The minimum atomic E-state index is -2.90. The molecule has 1 aliphatic carbocycles. The van der Waals surface area contributed by atoms with Crippen molar-refractivity contribution in [2.75, 3.05) is 19.3 Å². The van der Waals surface area contributed by atoms with Gasteiger partial charge in [-0.25, -0.2) is 8.42 Å². The zero-order valence-corrected chi connectivity index (χ0v) is 9.28. The van der Waals surface area contributed by atoms with Gasteiger partial charge in [0.05, 0.1) is 4.75 Å². The molecule has 0 spiro atoms. The number of hydrogen-bond donors (Lipinski definition) is 1. The molecule has 78 valence electrons. The largest absolute Gasteiger partial charge is 0.315 e. The van der Waals surface area contributed by atoms with Crippen LogP contribution in [0.5, 0.6) is 0 Å². The summed E-state index contributed by atoms with van der Waals surface area (Å²) in [4.78, 5) is 0. The third-order valence-electron chi connectivity index (χ3n) is 3.00. The van der Waals surface area contributed by atoms with E-state index in [-0.39, 0.29) is 0 Å². The maximum absolute atomic E-state index is 11.6. The summed E-state index contributed by atoms with van der Waals surface area (Å²) >= 11 is 0. The molecule has 0 radical (unpaired) electrons. The predicted molar refractivity (Wildman–Crippen MR) is 54.6 cm³/mol. The summed E-state index contributed by atoms with van der Waals surface area (Å²) in [5.74, 6) is 0. The Morgan fingerprint density at radius 1 is 1.31 bits per heavy atom. The van der Waals surface area contributed by atoms with Crippen molar-refractivity contribution < 1.29 is 8.42 Å². The first-order valence-electron chi connectivity index (χ1n) is 4.92. The molecule has 0 amide bonds. The van der Waals surface area contributed by atoms with Crippen LogP contribution in [0.15, 0.2) is 0 Å². The predicted octanol–water partition coefficient (Wildman–Crippen LogP) is 0.953. The molecule has 0 aromatic rings. The van der Waals surface area contributed by atoms with Crippen LogP contribution >= 0.6 is 0 Å². The molecule has 1 saturated carbocycles. The van der Waals surface area contributed by atoms with E-state index in [0.717, 1.165) is 32.2 Å². The smallest absolute Gasteiger partial charge is 0.154 e. The van der Waals surface area contributed by atoms with Crippen molar-refractivity contribution in [3.63, 3.8) is 0 Å². The Morgan fingerprint density at radius 2 is 1.85 bits per heavy atom. The van der Waals surface area contributed by atoms with E-state index >= 15 is 0 Å². The van der Waals surface area contributed by atoms with E-state index < -0.39 is 14.6 Å². The van der Waals surface area contributed by atoms with Crippen molar-refractivity contribution in [3.8, 4) is 0 Å². The van der Waals surface area contributed by atoms with E-state index in [9.17, 15) is 8.42 Å². The molecular formula is C9H19NO2S. The Labute approximate surface area is 80.8 Å². The van der Waals surface area contributed by atoms with Gasteiger partial charge in [0.2, 0.25) is 0 Å². The minimum absolute atomic E-state index is 0.455. The molecule has 0 aliphatic heterocycles. The molecule has 1 fully saturated rings. The van der Waals surface area contributed by atoms with Crippen molar-refractivity contribution in [1.82, 2.24) is 5.32 Å².